The van der Waals surface area contributed by atoms with Gasteiger partial charge in [0, 0.05) is 25.6 Å². The third-order valence-electron chi connectivity index (χ3n) is 3.76. The van der Waals surface area contributed by atoms with Gasteiger partial charge in [-0.2, -0.15) is 0 Å². The Morgan fingerprint density at radius 1 is 1.19 bits per heavy atom. The molecule has 8 heteroatoms. The standard InChI is InChI=1S/C18H19FN2O5/c1-11(18(24)25)21(10-9-20-12(2)22)17(23)16-8-7-15(26-16)13-3-5-14(19)6-4-13/h3-8,11H,9-10H2,1-2H3,(H,20,22)(H,24,25). The zero-order chi connectivity index (χ0) is 19.3. The number of halogens is 1. The molecule has 7 nitrogen and oxygen atoms in total. The number of carbonyl (C=O) groups excluding carboxylic acids is 2. The van der Waals surface area contributed by atoms with E-state index in [0.29, 0.717) is 11.3 Å². The molecule has 1 aromatic carbocycles. The summed E-state index contributed by atoms with van der Waals surface area (Å²) in [6, 6.07) is 7.44. The van der Waals surface area contributed by atoms with Crippen LogP contribution in [0.3, 0.4) is 0 Å². The summed E-state index contributed by atoms with van der Waals surface area (Å²) in [7, 11) is 0. The summed E-state index contributed by atoms with van der Waals surface area (Å²) in [5.74, 6) is -2.14. The van der Waals surface area contributed by atoms with Crippen molar-refractivity contribution >= 4 is 17.8 Å². The van der Waals surface area contributed by atoms with Crippen LogP contribution in [0.5, 0.6) is 0 Å². The highest BCUT2D eigenvalue weighted by molar-refractivity contribution is 5.94. The van der Waals surface area contributed by atoms with E-state index in [1.54, 1.807) is 6.07 Å². The van der Waals surface area contributed by atoms with E-state index in [1.807, 2.05) is 0 Å². The molecule has 0 spiro atoms. The highest BCUT2D eigenvalue weighted by Gasteiger charge is 2.28. The van der Waals surface area contributed by atoms with Crippen LogP contribution in [0.2, 0.25) is 0 Å². The molecule has 0 aliphatic carbocycles. The van der Waals surface area contributed by atoms with Gasteiger partial charge in [-0.1, -0.05) is 0 Å². The third kappa shape index (κ3) is 4.69. The SMILES string of the molecule is CC(=O)NCCN(C(=O)c1ccc(-c2ccc(F)cc2)o1)C(C)C(=O)O. The molecule has 26 heavy (non-hydrogen) atoms. The molecule has 0 aliphatic heterocycles. The summed E-state index contributed by atoms with van der Waals surface area (Å²) in [5.41, 5.74) is 0.585. The summed E-state index contributed by atoms with van der Waals surface area (Å²) in [5, 5.41) is 11.7. The molecule has 1 unspecified atom stereocenters. The quantitative estimate of drug-likeness (QED) is 0.786. The Labute approximate surface area is 149 Å². The lowest BCUT2D eigenvalue weighted by Crippen LogP contribution is -2.46. The van der Waals surface area contributed by atoms with Gasteiger partial charge in [0.1, 0.15) is 17.6 Å². The van der Waals surface area contributed by atoms with Gasteiger partial charge in [0.15, 0.2) is 5.76 Å². The molecule has 2 N–H and O–H groups in total. The number of hydrogen-bond donors (Lipinski definition) is 2. The van der Waals surface area contributed by atoms with Crippen LogP contribution in [-0.4, -0.2) is 46.9 Å². The van der Waals surface area contributed by atoms with Gasteiger partial charge < -0.3 is 19.7 Å². The molecular formula is C18H19FN2O5. The zero-order valence-corrected chi connectivity index (χ0v) is 14.4. The van der Waals surface area contributed by atoms with Crippen molar-refractivity contribution in [3.8, 4) is 11.3 Å². The molecule has 2 aromatic rings. The molecular weight excluding hydrogens is 343 g/mol. The van der Waals surface area contributed by atoms with Gasteiger partial charge in [-0.05, 0) is 43.3 Å². The molecule has 1 atom stereocenters. The number of aliphatic carboxylic acids is 1. The number of carboxylic acid groups (broad SMARTS) is 1. The molecule has 0 aliphatic rings. The first-order chi connectivity index (χ1) is 12.3. The minimum atomic E-state index is -1.17. The summed E-state index contributed by atoms with van der Waals surface area (Å²) < 4.78 is 18.5. The van der Waals surface area contributed by atoms with Crippen molar-refractivity contribution in [3.63, 3.8) is 0 Å². The second-order valence-electron chi connectivity index (χ2n) is 5.67. The lowest BCUT2D eigenvalue weighted by Gasteiger charge is -2.25. The van der Waals surface area contributed by atoms with Crippen LogP contribution in [0.1, 0.15) is 24.4 Å². The van der Waals surface area contributed by atoms with E-state index < -0.39 is 23.7 Å². The highest BCUT2D eigenvalue weighted by Crippen LogP contribution is 2.23. The summed E-state index contributed by atoms with van der Waals surface area (Å²) in [6.45, 7) is 2.83. The van der Waals surface area contributed by atoms with Gasteiger partial charge in [-0.3, -0.25) is 9.59 Å². The number of carboxylic acids is 1. The van der Waals surface area contributed by atoms with Crippen molar-refractivity contribution in [2.24, 2.45) is 0 Å². The van der Waals surface area contributed by atoms with Crippen LogP contribution in [0.4, 0.5) is 4.39 Å². The Hall–Kier alpha value is -3.16. The fourth-order valence-electron chi connectivity index (χ4n) is 2.32. The summed E-state index contributed by atoms with van der Waals surface area (Å²) in [4.78, 5) is 36.0. The molecule has 0 fully saturated rings. The van der Waals surface area contributed by atoms with Crippen molar-refractivity contribution in [2.75, 3.05) is 13.1 Å². The van der Waals surface area contributed by atoms with Crippen molar-refractivity contribution in [3.05, 3.63) is 48.0 Å². The van der Waals surface area contributed by atoms with E-state index >= 15 is 0 Å². The smallest absolute Gasteiger partial charge is 0.326 e. The van der Waals surface area contributed by atoms with Crippen molar-refractivity contribution in [1.29, 1.82) is 0 Å². The van der Waals surface area contributed by atoms with E-state index in [0.717, 1.165) is 4.90 Å². The number of nitrogens with one attached hydrogen (secondary N) is 1. The first kappa shape index (κ1) is 19.2. The predicted molar refractivity (Wildman–Crippen MR) is 90.9 cm³/mol. The maximum atomic E-state index is 13.0. The average molecular weight is 362 g/mol. The number of benzene rings is 1. The summed E-state index contributed by atoms with van der Waals surface area (Å²) >= 11 is 0. The monoisotopic (exact) mass is 362 g/mol. The Bertz CT molecular complexity index is 800. The lowest BCUT2D eigenvalue weighted by atomic mass is 10.2. The maximum Gasteiger partial charge on any atom is 0.326 e. The van der Waals surface area contributed by atoms with Gasteiger partial charge in [-0.15, -0.1) is 0 Å². The lowest BCUT2D eigenvalue weighted by molar-refractivity contribution is -0.141. The zero-order valence-electron chi connectivity index (χ0n) is 14.4. The highest BCUT2D eigenvalue weighted by atomic mass is 19.1. The second kappa shape index (κ2) is 8.28. The molecule has 2 amide bonds. The Morgan fingerprint density at radius 2 is 1.85 bits per heavy atom. The topological polar surface area (TPSA) is 99.9 Å². The van der Waals surface area contributed by atoms with Crippen molar-refractivity contribution in [1.82, 2.24) is 10.2 Å². The van der Waals surface area contributed by atoms with Crippen LogP contribution >= 0.6 is 0 Å². The number of hydrogen-bond acceptors (Lipinski definition) is 4. The fraction of sp³-hybridized carbons (Fsp3) is 0.278. The first-order valence-electron chi connectivity index (χ1n) is 7.93. The number of nitrogens with zero attached hydrogens (tertiary/aromatic N) is 1. The van der Waals surface area contributed by atoms with Crippen LogP contribution in [-0.2, 0) is 9.59 Å². The largest absolute Gasteiger partial charge is 0.480 e. The van der Waals surface area contributed by atoms with E-state index in [4.69, 9.17) is 4.42 Å². The molecule has 0 saturated carbocycles. The molecule has 1 heterocycles. The van der Waals surface area contributed by atoms with Crippen LogP contribution in [0.15, 0.2) is 40.8 Å². The van der Waals surface area contributed by atoms with E-state index in [1.165, 1.54) is 44.2 Å². The number of carbonyl (C=O) groups is 3. The van der Waals surface area contributed by atoms with Crippen molar-refractivity contribution < 1.29 is 28.3 Å². The van der Waals surface area contributed by atoms with Gasteiger partial charge in [0.05, 0.1) is 0 Å². The van der Waals surface area contributed by atoms with E-state index in [-0.39, 0.29) is 24.8 Å². The van der Waals surface area contributed by atoms with E-state index in [9.17, 15) is 23.9 Å². The van der Waals surface area contributed by atoms with Crippen LogP contribution < -0.4 is 5.32 Å². The Morgan fingerprint density at radius 3 is 2.42 bits per heavy atom. The fourth-order valence-corrected chi connectivity index (χ4v) is 2.32. The molecule has 0 bridgehead atoms. The number of furan rings is 1. The Balaban J connectivity index is 2.20. The van der Waals surface area contributed by atoms with Gasteiger partial charge in [0.2, 0.25) is 5.91 Å². The average Bonchev–Trinajstić information content (AvgIpc) is 3.08. The second-order valence-corrected chi connectivity index (χ2v) is 5.67. The normalized spacial score (nSPS) is 11.7. The molecule has 1 aromatic heterocycles. The van der Waals surface area contributed by atoms with Gasteiger partial charge in [-0.25, -0.2) is 9.18 Å². The number of amides is 2. The molecule has 0 saturated heterocycles. The first-order valence-corrected chi connectivity index (χ1v) is 7.93. The van der Waals surface area contributed by atoms with Gasteiger partial charge >= 0.3 is 5.97 Å². The minimum Gasteiger partial charge on any atom is -0.480 e. The molecule has 2 rings (SSSR count). The predicted octanol–water partition coefficient (Wildman–Crippen LogP) is 2.14. The minimum absolute atomic E-state index is 0.0124. The molecule has 0 radical (unpaired) electrons. The van der Waals surface area contributed by atoms with Crippen LogP contribution in [0, 0.1) is 5.82 Å². The number of rotatable bonds is 7. The maximum absolute atomic E-state index is 13.0. The molecule has 138 valence electrons. The Kier molecular flexibility index (Phi) is 6.11. The van der Waals surface area contributed by atoms with E-state index in [2.05, 4.69) is 5.32 Å². The van der Waals surface area contributed by atoms with Crippen molar-refractivity contribution in [2.45, 2.75) is 19.9 Å². The van der Waals surface area contributed by atoms with Crippen LogP contribution in [0.25, 0.3) is 11.3 Å². The van der Waals surface area contributed by atoms with Gasteiger partial charge in [0.25, 0.3) is 5.91 Å². The summed E-state index contributed by atoms with van der Waals surface area (Å²) in [6.07, 6.45) is 0. The third-order valence-corrected chi connectivity index (χ3v) is 3.76.